The number of nitrogens with zero attached hydrogens (tertiary/aromatic N) is 1. The van der Waals surface area contributed by atoms with Crippen molar-refractivity contribution in [2.45, 2.75) is 88.9 Å². The third kappa shape index (κ3) is 3.78. The Bertz CT molecular complexity index is 633. The maximum atomic E-state index is 2.72. The third-order valence-electron chi connectivity index (χ3n) is 6.26. The Morgan fingerprint density at radius 3 is 1.92 bits per heavy atom. The Hall–Kier alpha value is -0.546. The minimum absolute atomic E-state index is 0.323. The average Bonchev–Trinajstić information content (AvgIpc) is 2.42. The first-order valence-corrected chi connectivity index (χ1v) is 17.6. The molecule has 0 atom stereocenters. The van der Waals surface area contributed by atoms with Gasteiger partial charge in [-0.3, -0.25) is 0 Å². The van der Waals surface area contributed by atoms with E-state index >= 15 is 0 Å². The Balaban J connectivity index is 2.19. The first-order valence-electron chi connectivity index (χ1n) is 10.2. The van der Waals surface area contributed by atoms with Gasteiger partial charge in [-0.05, 0) is 46.9 Å². The van der Waals surface area contributed by atoms with Crippen molar-refractivity contribution in [1.82, 2.24) is 0 Å². The van der Waals surface area contributed by atoms with Crippen molar-refractivity contribution >= 4 is 21.8 Å². The van der Waals surface area contributed by atoms with E-state index in [4.69, 9.17) is 0 Å². The van der Waals surface area contributed by atoms with Crippen LogP contribution in [-0.4, -0.2) is 29.2 Å². The summed E-state index contributed by atoms with van der Waals surface area (Å²) in [6.07, 6.45) is 2.66. The van der Waals surface area contributed by atoms with Crippen LogP contribution >= 0.6 is 0 Å². The predicted octanol–water partition coefficient (Wildman–Crippen LogP) is 6.49. The Labute approximate surface area is 158 Å². The van der Waals surface area contributed by atoms with Gasteiger partial charge in [-0.2, -0.15) is 0 Å². The van der Waals surface area contributed by atoms with E-state index in [2.05, 4.69) is 76.2 Å². The standard InChI is InChI=1S/C22H39NSi2/c1-21(2)12-14-23-15-13-22(16-24(3,4)5,17-25(6,7)8)19-11-9-10-18(21)20(19)23/h9-11H,12-17H2,1-8H3. The monoisotopic (exact) mass is 373 g/mol. The number of hydrogen-bond donors (Lipinski definition) is 0. The van der Waals surface area contributed by atoms with Gasteiger partial charge in [0.25, 0.3) is 0 Å². The number of anilines is 1. The number of rotatable bonds is 4. The second-order valence-corrected chi connectivity index (χ2v) is 22.8. The van der Waals surface area contributed by atoms with Crippen molar-refractivity contribution in [3.05, 3.63) is 29.3 Å². The van der Waals surface area contributed by atoms with E-state index in [9.17, 15) is 0 Å². The first-order chi connectivity index (χ1) is 11.3. The fraction of sp³-hybridized carbons (Fsp3) is 0.727. The van der Waals surface area contributed by atoms with E-state index in [1.54, 1.807) is 16.8 Å². The summed E-state index contributed by atoms with van der Waals surface area (Å²) < 4.78 is 0. The van der Waals surface area contributed by atoms with Crippen LogP contribution in [0.5, 0.6) is 0 Å². The number of hydrogen-bond acceptors (Lipinski definition) is 1. The van der Waals surface area contributed by atoms with E-state index in [0.717, 1.165) is 0 Å². The van der Waals surface area contributed by atoms with Crippen LogP contribution in [0.3, 0.4) is 0 Å². The summed E-state index contributed by atoms with van der Waals surface area (Å²) in [5.41, 5.74) is 5.73. The molecule has 2 heterocycles. The molecule has 1 nitrogen and oxygen atoms in total. The van der Waals surface area contributed by atoms with Crippen LogP contribution in [0.25, 0.3) is 0 Å². The van der Waals surface area contributed by atoms with E-state index in [1.807, 2.05) is 0 Å². The molecule has 2 aliphatic heterocycles. The van der Waals surface area contributed by atoms with E-state index < -0.39 is 16.1 Å². The molecule has 0 aromatic heterocycles. The fourth-order valence-electron chi connectivity index (χ4n) is 5.69. The summed E-state index contributed by atoms with van der Waals surface area (Å²) in [6, 6.07) is 10.2. The molecule has 0 aliphatic carbocycles. The molecule has 25 heavy (non-hydrogen) atoms. The van der Waals surface area contributed by atoms with E-state index in [-0.39, 0.29) is 0 Å². The largest absolute Gasteiger partial charge is 0.371 e. The second kappa shape index (κ2) is 5.98. The highest BCUT2D eigenvalue weighted by Gasteiger charge is 2.47. The molecule has 0 spiro atoms. The molecule has 1 aromatic carbocycles. The van der Waals surface area contributed by atoms with Crippen LogP contribution in [0, 0.1) is 0 Å². The summed E-state index contributed by atoms with van der Waals surface area (Å²) in [5, 5.41) is 0. The predicted molar refractivity (Wildman–Crippen MR) is 119 cm³/mol. The number of benzene rings is 1. The van der Waals surface area contributed by atoms with Gasteiger partial charge in [0.15, 0.2) is 0 Å². The van der Waals surface area contributed by atoms with E-state index in [0.29, 0.717) is 10.8 Å². The topological polar surface area (TPSA) is 3.24 Å². The molecule has 140 valence electrons. The molecule has 0 fully saturated rings. The van der Waals surface area contributed by atoms with Crippen LogP contribution < -0.4 is 4.90 Å². The summed E-state index contributed by atoms with van der Waals surface area (Å²) in [6.45, 7) is 22.9. The Morgan fingerprint density at radius 2 is 1.36 bits per heavy atom. The van der Waals surface area contributed by atoms with Gasteiger partial charge in [-0.15, -0.1) is 0 Å². The molecule has 3 rings (SSSR count). The SMILES string of the molecule is CC1(C)CCN2CCC(C[Si](C)(C)C)(C[Si](C)(C)C)c3cccc1c32. The van der Waals surface area contributed by atoms with Crippen LogP contribution in [0.1, 0.15) is 37.8 Å². The Morgan fingerprint density at radius 1 is 0.840 bits per heavy atom. The summed E-state index contributed by atoms with van der Waals surface area (Å²) in [5.74, 6) is 0. The van der Waals surface area contributed by atoms with Crippen molar-refractivity contribution < 1.29 is 0 Å². The van der Waals surface area contributed by atoms with Gasteiger partial charge in [-0.25, -0.2) is 0 Å². The maximum Gasteiger partial charge on any atom is 0.0451 e. The van der Waals surface area contributed by atoms with Crippen molar-refractivity contribution in [3.63, 3.8) is 0 Å². The molecular formula is C22H39NSi2. The lowest BCUT2D eigenvalue weighted by molar-refractivity contribution is 0.397. The number of para-hydroxylation sites is 1. The molecule has 0 amide bonds. The third-order valence-corrected chi connectivity index (χ3v) is 9.73. The summed E-state index contributed by atoms with van der Waals surface area (Å²) >= 11 is 0. The summed E-state index contributed by atoms with van der Waals surface area (Å²) in [7, 11) is -2.30. The normalized spacial score (nSPS) is 21.8. The lowest BCUT2D eigenvalue weighted by Gasteiger charge is -2.52. The van der Waals surface area contributed by atoms with Gasteiger partial charge >= 0.3 is 0 Å². The zero-order valence-electron chi connectivity index (χ0n) is 17.9. The smallest absolute Gasteiger partial charge is 0.0451 e. The zero-order valence-corrected chi connectivity index (χ0v) is 19.9. The average molecular weight is 374 g/mol. The van der Waals surface area contributed by atoms with Crippen LogP contribution in [0.4, 0.5) is 5.69 Å². The van der Waals surface area contributed by atoms with Crippen molar-refractivity contribution in [2.75, 3.05) is 18.0 Å². The molecule has 0 radical (unpaired) electrons. The van der Waals surface area contributed by atoms with E-state index in [1.165, 1.54) is 38.0 Å². The van der Waals surface area contributed by atoms with Crippen molar-refractivity contribution in [1.29, 1.82) is 0 Å². The van der Waals surface area contributed by atoms with Crippen LogP contribution in [0.15, 0.2) is 18.2 Å². The molecular weight excluding hydrogens is 334 g/mol. The van der Waals surface area contributed by atoms with Crippen LogP contribution in [-0.2, 0) is 10.8 Å². The minimum Gasteiger partial charge on any atom is -0.371 e. The molecule has 1 aromatic rings. The fourth-order valence-corrected chi connectivity index (χ4v) is 11.0. The summed E-state index contributed by atoms with van der Waals surface area (Å²) in [4.78, 5) is 2.72. The highest BCUT2D eigenvalue weighted by Crippen LogP contribution is 2.54. The first kappa shape index (κ1) is 19.2. The lowest BCUT2D eigenvalue weighted by Crippen LogP contribution is -2.50. The van der Waals surface area contributed by atoms with Gasteiger partial charge in [0.05, 0.1) is 0 Å². The molecule has 0 saturated carbocycles. The van der Waals surface area contributed by atoms with Gasteiger partial charge in [0.1, 0.15) is 0 Å². The quantitative estimate of drug-likeness (QED) is 0.545. The molecule has 0 unspecified atom stereocenters. The minimum atomic E-state index is -1.15. The molecule has 3 heteroatoms. The van der Waals surface area contributed by atoms with Crippen molar-refractivity contribution in [2.24, 2.45) is 0 Å². The lowest BCUT2D eigenvalue weighted by atomic mass is 9.69. The van der Waals surface area contributed by atoms with Gasteiger partial charge in [0, 0.05) is 34.9 Å². The zero-order chi connectivity index (χ0) is 18.7. The Kier molecular flexibility index (Phi) is 4.60. The molecule has 0 bridgehead atoms. The van der Waals surface area contributed by atoms with Crippen LogP contribution in [0.2, 0.25) is 51.4 Å². The molecule has 0 N–H and O–H groups in total. The highest BCUT2D eigenvalue weighted by atomic mass is 28.3. The molecule has 2 aliphatic rings. The van der Waals surface area contributed by atoms with Gasteiger partial charge < -0.3 is 4.90 Å². The van der Waals surface area contributed by atoms with Crippen molar-refractivity contribution in [3.8, 4) is 0 Å². The van der Waals surface area contributed by atoms with Gasteiger partial charge in [0.2, 0.25) is 0 Å². The molecule has 0 saturated heterocycles. The second-order valence-electron chi connectivity index (χ2n) is 11.8. The van der Waals surface area contributed by atoms with Gasteiger partial charge in [-0.1, -0.05) is 71.3 Å². The highest BCUT2D eigenvalue weighted by molar-refractivity contribution is 6.78. The maximum absolute atomic E-state index is 2.72.